The van der Waals surface area contributed by atoms with Crippen molar-refractivity contribution >= 4 is 5.97 Å². The summed E-state index contributed by atoms with van der Waals surface area (Å²) >= 11 is 0. The average Bonchev–Trinajstić information content (AvgIpc) is 3.05. The van der Waals surface area contributed by atoms with E-state index < -0.39 is 5.97 Å². The molecular formula is C26H47NO2. The van der Waals surface area contributed by atoms with Gasteiger partial charge in [-0.3, -0.25) is 4.79 Å². The van der Waals surface area contributed by atoms with Gasteiger partial charge in [0.2, 0.25) is 0 Å². The first-order valence-electron chi connectivity index (χ1n) is 12.7. The number of carboxylic acid groups (broad SMARTS) is 1. The van der Waals surface area contributed by atoms with Gasteiger partial charge in [-0.15, -0.1) is 0 Å². The molecule has 168 valence electrons. The highest BCUT2D eigenvalue weighted by Crippen LogP contribution is 2.68. The van der Waals surface area contributed by atoms with Gasteiger partial charge in [0.1, 0.15) is 0 Å². The second-order valence-corrected chi connectivity index (χ2v) is 11.5. The van der Waals surface area contributed by atoms with Crippen LogP contribution in [-0.4, -0.2) is 17.6 Å². The Bertz CT molecular complexity index is 563. The fourth-order valence-electron chi connectivity index (χ4n) is 8.93. The van der Waals surface area contributed by atoms with Gasteiger partial charge in [0.15, 0.2) is 0 Å². The molecule has 0 aromatic carbocycles. The summed E-state index contributed by atoms with van der Waals surface area (Å²) in [7, 11) is 0. The van der Waals surface area contributed by atoms with Crippen molar-refractivity contribution in [2.24, 2.45) is 52.1 Å². The predicted octanol–water partition coefficient (Wildman–Crippen LogP) is 6.50. The molecule has 0 spiro atoms. The number of hydrogen-bond acceptors (Lipinski definition) is 2. The SMILES string of the molecule is CCCC(C)[C@H]1CC[C@H]2[C@@H]3CCC4CCCC[C@]4(C)[C@H]3CC[C@]12C.NCC(=O)O. The molecule has 4 aliphatic rings. The van der Waals surface area contributed by atoms with E-state index in [-0.39, 0.29) is 6.54 Å². The monoisotopic (exact) mass is 405 g/mol. The molecule has 3 heteroatoms. The van der Waals surface area contributed by atoms with Crippen LogP contribution in [-0.2, 0) is 4.79 Å². The Morgan fingerprint density at radius 3 is 2.34 bits per heavy atom. The van der Waals surface area contributed by atoms with E-state index in [0.717, 1.165) is 40.9 Å². The summed E-state index contributed by atoms with van der Waals surface area (Å²) < 4.78 is 0. The molecule has 4 rings (SSSR count). The van der Waals surface area contributed by atoms with Gasteiger partial charge >= 0.3 is 5.97 Å². The van der Waals surface area contributed by atoms with Crippen LogP contribution in [0.2, 0.25) is 0 Å². The summed E-state index contributed by atoms with van der Waals surface area (Å²) in [4.78, 5) is 9.24. The molecule has 4 saturated carbocycles. The lowest BCUT2D eigenvalue weighted by atomic mass is 9.44. The average molecular weight is 406 g/mol. The zero-order valence-electron chi connectivity index (χ0n) is 19.6. The van der Waals surface area contributed by atoms with Gasteiger partial charge in [-0.2, -0.15) is 0 Å². The first-order valence-corrected chi connectivity index (χ1v) is 12.7. The molecule has 0 aromatic heterocycles. The van der Waals surface area contributed by atoms with Crippen LogP contribution in [0.15, 0.2) is 0 Å². The van der Waals surface area contributed by atoms with Crippen molar-refractivity contribution in [3.63, 3.8) is 0 Å². The fraction of sp³-hybridized carbons (Fsp3) is 0.962. The fourth-order valence-corrected chi connectivity index (χ4v) is 8.93. The van der Waals surface area contributed by atoms with E-state index in [1.165, 1.54) is 25.7 Å². The second-order valence-electron chi connectivity index (χ2n) is 11.5. The molecule has 0 bridgehead atoms. The smallest absolute Gasteiger partial charge is 0.317 e. The van der Waals surface area contributed by atoms with Crippen LogP contribution in [0.4, 0.5) is 0 Å². The van der Waals surface area contributed by atoms with Gasteiger partial charge in [0, 0.05) is 0 Å². The summed E-state index contributed by atoms with van der Waals surface area (Å²) in [6.07, 6.45) is 18.4. The van der Waals surface area contributed by atoms with Crippen molar-refractivity contribution < 1.29 is 9.90 Å². The van der Waals surface area contributed by atoms with E-state index in [2.05, 4.69) is 33.4 Å². The zero-order valence-corrected chi connectivity index (χ0v) is 19.6. The molecular weight excluding hydrogens is 358 g/mol. The van der Waals surface area contributed by atoms with Crippen molar-refractivity contribution in [1.82, 2.24) is 0 Å². The van der Waals surface area contributed by atoms with Crippen LogP contribution in [0.1, 0.15) is 105 Å². The van der Waals surface area contributed by atoms with Crippen molar-refractivity contribution in [2.75, 3.05) is 6.54 Å². The number of nitrogens with two attached hydrogens (primary N) is 1. The Kier molecular flexibility index (Phi) is 7.40. The second kappa shape index (κ2) is 9.28. The quantitative estimate of drug-likeness (QED) is 0.561. The van der Waals surface area contributed by atoms with Gasteiger partial charge in [-0.25, -0.2) is 0 Å². The lowest BCUT2D eigenvalue weighted by Crippen LogP contribution is -2.53. The number of carboxylic acids is 1. The molecule has 3 nitrogen and oxygen atoms in total. The first kappa shape index (κ1) is 23.1. The van der Waals surface area contributed by atoms with Gasteiger partial charge in [-0.05, 0) is 97.7 Å². The molecule has 4 fully saturated rings. The van der Waals surface area contributed by atoms with Gasteiger partial charge in [-0.1, -0.05) is 53.4 Å². The van der Waals surface area contributed by atoms with Crippen molar-refractivity contribution in [3.05, 3.63) is 0 Å². The lowest BCUT2D eigenvalue weighted by Gasteiger charge is -2.61. The molecule has 0 aromatic rings. The molecule has 0 radical (unpaired) electrons. The van der Waals surface area contributed by atoms with E-state index in [9.17, 15) is 4.79 Å². The number of carbonyl (C=O) groups is 1. The van der Waals surface area contributed by atoms with E-state index in [4.69, 9.17) is 5.11 Å². The van der Waals surface area contributed by atoms with E-state index >= 15 is 0 Å². The summed E-state index contributed by atoms with van der Waals surface area (Å²) in [6.45, 7) is 10.1. The van der Waals surface area contributed by atoms with Crippen molar-refractivity contribution in [1.29, 1.82) is 0 Å². The Hall–Kier alpha value is -0.570. The van der Waals surface area contributed by atoms with Crippen LogP contribution in [0.3, 0.4) is 0 Å². The standard InChI is InChI=1S/C24H42.C2H5NO2/c1-5-8-17(2)20-12-13-21-19-11-10-18-9-6-7-15-23(18,3)22(19)14-16-24(20,21)4;3-1-2(4)5/h17-22H,5-16H2,1-4H3;1,3H2,(H,4,5)/t17?,18?,19-,20+,21-,22-,23-,24+;/m0./s1. The minimum atomic E-state index is -0.968. The highest BCUT2D eigenvalue weighted by molar-refractivity contribution is 5.68. The van der Waals surface area contributed by atoms with Gasteiger partial charge in [0.05, 0.1) is 6.54 Å². The molecule has 0 aliphatic heterocycles. The van der Waals surface area contributed by atoms with Gasteiger partial charge < -0.3 is 10.8 Å². The van der Waals surface area contributed by atoms with Crippen LogP contribution in [0.25, 0.3) is 0 Å². The summed E-state index contributed by atoms with van der Waals surface area (Å²) in [5.74, 6) is 5.33. The first-order chi connectivity index (χ1) is 13.8. The number of fused-ring (bicyclic) bond motifs is 5. The van der Waals surface area contributed by atoms with Gasteiger partial charge in [0.25, 0.3) is 0 Å². The third-order valence-electron chi connectivity index (χ3n) is 10.3. The summed E-state index contributed by atoms with van der Waals surface area (Å²) in [5, 5.41) is 7.60. The Morgan fingerprint density at radius 1 is 1.00 bits per heavy atom. The number of rotatable bonds is 4. The maximum absolute atomic E-state index is 9.24. The van der Waals surface area contributed by atoms with Crippen molar-refractivity contribution in [3.8, 4) is 0 Å². The van der Waals surface area contributed by atoms with Crippen LogP contribution in [0.5, 0.6) is 0 Å². The molecule has 0 saturated heterocycles. The molecule has 8 atom stereocenters. The third kappa shape index (κ3) is 4.27. The van der Waals surface area contributed by atoms with Crippen LogP contribution >= 0.6 is 0 Å². The Labute approximate surface area is 179 Å². The summed E-state index contributed by atoms with van der Waals surface area (Å²) in [6, 6.07) is 0. The minimum absolute atomic E-state index is 0.278. The third-order valence-corrected chi connectivity index (χ3v) is 10.3. The zero-order chi connectivity index (χ0) is 21.2. The van der Waals surface area contributed by atoms with Crippen LogP contribution < -0.4 is 5.73 Å². The largest absolute Gasteiger partial charge is 0.480 e. The normalized spacial score (nSPS) is 44.5. The topological polar surface area (TPSA) is 63.3 Å². The molecule has 0 heterocycles. The maximum atomic E-state index is 9.24. The predicted molar refractivity (Wildman–Crippen MR) is 121 cm³/mol. The Balaban J connectivity index is 0.000000431. The van der Waals surface area contributed by atoms with Crippen LogP contribution in [0, 0.1) is 46.3 Å². The maximum Gasteiger partial charge on any atom is 0.317 e. The molecule has 2 unspecified atom stereocenters. The molecule has 4 aliphatic carbocycles. The highest BCUT2D eigenvalue weighted by atomic mass is 16.4. The number of aliphatic carboxylic acids is 1. The van der Waals surface area contributed by atoms with E-state index in [1.54, 1.807) is 51.4 Å². The highest BCUT2D eigenvalue weighted by Gasteiger charge is 2.59. The molecule has 29 heavy (non-hydrogen) atoms. The molecule has 0 amide bonds. The molecule has 3 N–H and O–H groups in total. The van der Waals surface area contributed by atoms with E-state index in [0.29, 0.717) is 5.41 Å². The lowest BCUT2D eigenvalue weighted by molar-refractivity contribution is -0.135. The van der Waals surface area contributed by atoms with Crippen molar-refractivity contribution in [2.45, 2.75) is 105 Å². The van der Waals surface area contributed by atoms with E-state index in [1.807, 2.05) is 0 Å². The minimum Gasteiger partial charge on any atom is -0.480 e. The summed E-state index contributed by atoms with van der Waals surface area (Å²) in [5.41, 5.74) is 5.98. The Morgan fingerprint density at radius 2 is 1.69 bits per heavy atom. The number of hydrogen-bond donors (Lipinski definition) is 2.